The summed E-state index contributed by atoms with van der Waals surface area (Å²) in [6.45, 7) is 3.89. The highest BCUT2D eigenvalue weighted by molar-refractivity contribution is 5.33. The van der Waals surface area contributed by atoms with Crippen molar-refractivity contribution in [3.8, 4) is 0 Å². The zero-order valence-corrected chi connectivity index (χ0v) is 11.0. The predicted octanol–water partition coefficient (Wildman–Crippen LogP) is -0.486. The van der Waals surface area contributed by atoms with E-state index in [1.165, 1.54) is 6.07 Å². The number of nitrogens with zero attached hydrogens (tertiary/aromatic N) is 2. The van der Waals surface area contributed by atoms with Gasteiger partial charge in [-0.2, -0.15) is 0 Å². The number of pyridine rings is 1. The van der Waals surface area contributed by atoms with E-state index in [0.29, 0.717) is 18.8 Å². The summed E-state index contributed by atoms with van der Waals surface area (Å²) in [5.41, 5.74) is 6.24. The molecule has 0 radical (unpaired) electrons. The van der Waals surface area contributed by atoms with E-state index in [4.69, 9.17) is 15.6 Å². The van der Waals surface area contributed by atoms with Crippen LogP contribution in [0.3, 0.4) is 0 Å². The van der Waals surface area contributed by atoms with Crippen molar-refractivity contribution >= 4 is 5.69 Å². The minimum atomic E-state index is -0.0798. The zero-order valence-electron chi connectivity index (χ0n) is 11.0. The Hall–Kier alpha value is -1.37. The second kappa shape index (κ2) is 6.70. The minimum Gasteiger partial charge on any atom is -0.398 e. The van der Waals surface area contributed by atoms with E-state index < -0.39 is 0 Å². The lowest BCUT2D eigenvalue weighted by Gasteiger charge is -2.31. The number of aromatic nitrogens is 1. The predicted molar refractivity (Wildman–Crippen MR) is 73.0 cm³/mol. The quantitative estimate of drug-likeness (QED) is 0.752. The van der Waals surface area contributed by atoms with Crippen molar-refractivity contribution in [2.75, 3.05) is 38.6 Å². The molecule has 1 atom stereocenters. The van der Waals surface area contributed by atoms with Gasteiger partial charge < -0.3 is 20.1 Å². The van der Waals surface area contributed by atoms with Gasteiger partial charge in [0.15, 0.2) is 0 Å². The molecule has 1 aliphatic heterocycles. The van der Waals surface area contributed by atoms with Gasteiger partial charge in [-0.3, -0.25) is 9.69 Å². The van der Waals surface area contributed by atoms with Crippen LogP contribution in [0.2, 0.25) is 0 Å². The Bertz CT molecular complexity index is 461. The Morgan fingerprint density at radius 3 is 3.05 bits per heavy atom. The Balaban J connectivity index is 1.80. The third kappa shape index (κ3) is 4.05. The summed E-state index contributed by atoms with van der Waals surface area (Å²) in [5, 5.41) is 9.07. The number of nitrogens with two attached hydrogens (primary N) is 1. The summed E-state index contributed by atoms with van der Waals surface area (Å²) in [7, 11) is 0. The molecule has 0 saturated carbocycles. The Morgan fingerprint density at radius 1 is 1.42 bits per heavy atom. The smallest absolute Gasteiger partial charge is 0.250 e. The molecule has 2 heterocycles. The molecule has 0 spiro atoms. The van der Waals surface area contributed by atoms with Crippen LogP contribution in [-0.2, 0) is 11.3 Å². The molecule has 0 aliphatic carbocycles. The van der Waals surface area contributed by atoms with Gasteiger partial charge in [0.1, 0.15) is 0 Å². The van der Waals surface area contributed by atoms with E-state index in [0.717, 1.165) is 26.1 Å². The molecule has 3 N–H and O–H groups in total. The fraction of sp³-hybridized carbons (Fsp3) is 0.615. The van der Waals surface area contributed by atoms with Gasteiger partial charge in [-0.15, -0.1) is 0 Å². The lowest BCUT2D eigenvalue weighted by molar-refractivity contribution is -0.0530. The molecule has 1 fully saturated rings. The number of aliphatic hydroxyl groups excluding tert-OH is 1. The second-order valence-electron chi connectivity index (χ2n) is 4.82. The molecule has 1 unspecified atom stereocenters. The number of nitrogen functional groups attached to an aromatic ring is 1. The first-order chi connectivity index (χ1) is 9.19. The number of anilines is 1. The van der Waals surface area contributed by atoms with E-state index in [1.807, 2.05) is 0 Å². The van der Waals surface area contributed by atoms with Crippen LogP contribution in [0.5, 0.6) is 0 Å². The van der Waals surface area contributed by atoms with Gasteiger partial charge >= 0.3 is 0 Å². The van der Waals surface area contributed by atoms with E-state index in [-0.39, 0.29) is 18.3 Å². The van der Waals surface area contributed by atoms with Crippen LogP contribution >= 0.6 is 0 Å². The first-order valence-electron chi connectivity index (χ1n) is 6.60. The number of aryl methyl sites for hydroxylation is 1. The van der Waals surface area contributed by atoms with Crippen molar-refractivity contribution in [1.29, 1.82) is 0 Å². The molecular formula is C13H21N3O3. The summed E-state index contributed by atoms with van der Waals surface area (Å²) in [6.07, 6.45) is 2.48. The molecule has 1 saturated heterocycles. The van der Waals surface area contributed by atoms with Crippen LogP contribution in [0.25, 0.3) is 0 Å². The first-order valence-corrected chi connectivity index (χ1v) is 6.60. The topological polar surface area (TPSA) is 80.7 Å². The van der Waals surface area contributed by atoms with Gasteiger partial charge in [0, 0.05) is 44.1 Å². The molecule has 1 aromatic rings. The maximum atomic E-state index is 11.6. The Labute approximate surface area is 112 Å². The number of hydrogen-bond acceptors (Lipinski definition) is 5. The highest BCUT2D eigenvalue weighted by atomic mass is 16.5. The summed E-state index contributed by atoms with van der Waals surface area (Å²) in [5.74, 6) is 0. The molecule has 6 nitrogen and oxygen atoms in total. The zero-order chi connectivity index (χ0) is 13.7. The lowest BCUT2D eigenvalue weighted by Crippen LogP contribution is -2.44. The van der Waals surface area contributed by atoms with Crippen molar-refractivity contribution in [2.24, 2.45) is 0 Å². The summed E-state index contributed by atoms with van der Waals surface area (Å²) < 4.78 is 7.03. The maximum Gasteiger partial charge on any atom is 0.250 e. The van der Waals surface area contributed by atoms with Crippen LogP contribution in [-0.4, -0.2) is 53.5 Å². The van der Waals surface area contributed by atoms with E-state index in [2.05, 4.69) is 4.90 Å². The van der Waals surface area contributed by atoms with Gasteiger partial charge in [0.05, 0.1) is 19.3 Å². The number of ether oxygens (including phenoxy) is 1. The fourth-order valence-electron chi connectivity index (χ4n) is 2.28. The lowest BCUT2D eigenvalue weighted by atomic mass is 10.2. The van der Waals surface area contributed by atoms with Gasteiger partial charge in [-0.25, -0.2) is 0 Å². The van der Waals surface area contributed by atoms with Crippen molar-refractivity contribution in [3.63, 3.8) is 0 Å². The monoisotopic (exact) mass is 267 g/mol. The first kappa shape index (κ1) is 14.0. The average Bonchev–Trinajstić information content (AvgIpc) is 2.43. The van der Waals surface area contributed by atoms with E-state index in [9.17, 15) is 4.79 Å². The van der Waals surface area contributed by atoms with E-state index >= 15 is 0 Å². The van der Waals surface area contributed by atoms with E-state index in [1.54, 1.807) is 16.8 Å². The summed E-state index contributed by atoms with van der Waals surface area (Å²) in [6, 6.07) is 3.11. The number of aliphatic hydroxyl groups is 1. The highest BCUT2D eigenvalue weighted by Crippen LogP contribution is 2.05. The number of hydrogen-bond donors (Lipinski definition) is 2. The Morgan fingerprint density at radius 2 is 2.26 bits per heavy atom. The number of morpholine rings is 1. The second-order valence-corrected chi connectivity index (χ2v) is 4.82. The average molecular weight is 267 g/mol. The standard InChI is InChI=1S/C13H21N3O3/c14-11-2-3-13(18)16(8-11)5-1-4-15-6-7-19-12(9-15)10-17/h2-3,8,12,17H,1,4-7,9-10,14H2. The number of rotatable bonds is 5. The molecule has 106 valence electrons. The van der Waals surface area contributed by atoms with Crippen LogP contribution in [0.4, 0.5) is 5.69 Å². The van der Waals surface area contributed by atoms with Crippen LogP contribution < -0.4 is 11.3 Å². The minimum absolute atomic E-state index is 0.0237. The van der Waals surface area contributed by atoms with Crippen LogP contribution in [0.1, 0.15) is 6.42 Å². The third-order valence-corrected chi connectivity index (χ3v) is 3.31. The fourth-order valence-corrected chi connectivity index (χ4v) is 2.28. The van der Waals surface area contributed by atoms with Crippen LogP contribution in [0, 0.1) is 0 Å². The van der Waals surface area contributed by atoms with Gasteiger partial charge in [-0.1, -0.05) is 0 Å². The maximum absolute atomic E-state index is 11.6. The van der Waals surface area contributed by atoms with Crippen LogP contribution in [0.15, 0.2) is 23.1 Å². The molecule has 0 amide bonds. The van der Waals surface area contributed by atoms with Crippen molar-refractivity contribution in [1.82, 2.24) is 9.47 Å². The molecule has 1 aromatic heterocycles. The van der Waals surface area contributed by atoms with Gasteiger partial charge in [-0.05, 0) is 12.5 Å². The van der Waals surface area contributed by atoms with Gasteiger partial charge in [0.2, 0.25) is 0 Å². The third-order valence-electron chi connectivity index (χ3n) is 3.31. The summed E-state index contributed by atoms with van der Waals surface area (Å²) in [4.78, 5) is 13.8. The molecular weight excluding hydrogens is 246 g/mol. The largest absolute Gasteiger partial charge is 0.398 e. The molecule has 0 bridgehead atoms. The van der Waals surface area contributed by atoms with Crippen molar-refractivity contribution < 1.29 is 9.84 Å². The summed E-state index contributed by atoms with van der Waals surface area (Å²) >= 11 is 0. The SMILES string of the molecule is Nc1ccc(=O)n(CCCN2CCOC(CO)C2)c1. The normalized spacial score (nSPS) is 20.6. The molecule has 6 heteroatoms. The molecule has 2 rings (SSSR count). The molecule has 0 aromatic carbocycles. The van der Waals surface area contributed by atoms with Crippen molar-refractivity contribution in [3.05, 3.63) is 28.7 Å². The Kier molecular flexibility index (Phi) is 4.95. The highest BCUT2D eigenvalue weighted by Gasteiger charge is 2.18. The molecule has 1 aliphatic rings. The molecule has 19 heavy (non-hydrogen) atoms. The van der Waals surface area contributed by atoms with Gasteiger partial charge in [0.25, 0.3) is 5.56 Å². The van der Waals surface area contributed by atoms with Crippen molar-refractivity contribution in [2.45, 2.75) is 19.1 Å².